The number of rotatable bonds is 10. The van der Waals surface area contributed by atoms with Crippen molar-refractivity contribution in [1.29, 1.82) is 0 Å². The fourth-order valence-electron chi connectivity index (χ4n) is 2.52. The lowest BCUT2D eigenvalue weighted by Crippen LogP contribution is -2.25. The molecule has 0 unspecified atom stereocenters. The summed E-state index contributed by atoms with van der Waals surface area (Å²) in [5.74, 6) is 0.0144. The van der Waals surface area contributed by atoms with Gasteiger partial charge >= 0.3 is 0 Å². The highest BCUT2D eigenvalue weighted by Gasteiger charge is 2.14. The molecule has 2 N–H and O–H groups in total. The third-order valence-electron chi connectivity index (χ3n) is 4.03. The van der Waals surface area contributed by atoms with Crippen molar-refractivity contribution in [1.82, 2.24) is 15.5 Å². The first-order valence-corrected chi connectivity index (χ1v) is 10.6. The molecule has 0 spiro atoms. The highest BCUT2D eigenvalue weighted by atomic mass is 35.5. The molecular weight excluding hydrogens is 440 g/mol. The lowest BCUT2D eigenvalue weighted by Gasteiger charge is -2.07. The van der Waals surface area contributed by atoms with Gasteiger partial charge in [-0.1, -0.05) is 29.0 Å². The zero-order valence-electron chi connectivity index (χ0n) is 16.8. The van der Waals surface area contributed by atoms with E-state index in [2.05, 4.69) is 20.8 Å². The van der Waals surface area contributed by atoms with Crippen molar-refractivity contribution in [3.8, 4) is 5.75 Å². The summed E-state index contributed by atoms with van der Waals surface area (Å²) in [7, 11) is 1.61. The molecule has 162 valence electrons. The molecule has 0 aliphatic heterocycles. The smallest absolute Gasteiger partial charge is 0.286 e. The molecule has 0 aliphatic rings. The van der Waals surface area contributed by atoms with E-state index in [1.807, 2.05) is 0 Å². The predicted octanol–water partition coefficient (Wildman–Crippen LogP) is 3.79. The van der Waals surface area contributed by atoms with E-state index in [0.29, 0.717) is 40.2 Å². The lowest BCUT2D eigenvalue weighted by atomic mass is 10.2. The number of anilines is 1. The number of carbonyl (C=O) groups is 2. The van der Waals surface area contributed by atoms with Gasteiger partial charge in [-0.25, -0.2) is 0 Å². The Morgan fingerprint density at radius 1 is 1.10 bits per heavy atom. The van der Waals surface area contributed by atoms with Crippen LogP contribution in [0, 0.1) is 0 Å². The zero-order chi connectivity index (χ0) is 22.1. The third kappa shape index (κ3) is 7.02. The maximum absolute atomic E-state index is 12.5. The minimum atomic E-state index is -0.409. The van der Waals surface area contributed by atoms with Crippen LogP contribution in [-0.4, -0.2) is 42.3 Å². The van der Waals surface area contributed by atoms with Crippen LogP contribution in [0.15, 0.2) is 48.5 Å². The molecule has 3 rings (SSSR count). The Hall–Kier alpha value is -3.01. The SMILES string of the molecule is COCCCNC(=O)c1cccc(NC(=O)c2nnc(COc3ccc(Cl)cc3)s2)c1. The van der Waals surface area contributed by atoms with Gasteiger partial charge < -0.3 is 20.1 Å². The van der Waals surface area contributed by atoms with Gasteiger partial charge in [-0.05, 0) is 48.9 Å². The Bertz CT molecular complexity index is 1030. The molecule has 2 aromatic carbocycles. The molecule has 1 heterocycles. The molecule has 31 heavy (non-hydrogen) atoms. The number of amides is 2. The van der Waals surface area contributed by atoms with E-state index in [1.165, 1.54) is 0 Å². The number of methoxy groups -OCH3 is 1. The molecule has 0 atom stereocenters. The van der Waals surface area contributed by atoms with E-state index < -0.39 is 5.91 Å². The number of hydrogen-bond donors (Lipinski definition) is 2. The summed E-state index contributed by atoms with van der Waals surface area (Å²) in [5.41, 5.74) is 0.938. The highest BCUT2D eigenvalue weighted by molar-refractivity contribution is 7.13. The monoisotopic (exact) mass is 460 g/mol. The second-order valence-corrected chi connectivity index (χ2v) is 7.88. The number of nitrogens with zero attached hydrogens (tertiary/aromatic N) is 2. The van der Waals surface area contributed by atoms with E-state index in [9.17, 15) is 9.59 Å². The fourth-order valence-corrected chi connectivity index (χ4v) is 3.30. The summed E-state index contributed by atoms with van der Waals surface area (Å²) in [4.78, 5) is 24.7. The number of hydrogen-bond acceptors (Lipinski definition) is 7. The van der Waals surface area contributed by atoms with Crippen molar-refractivity contribution in [2.24, 2.45) is 0 Å². The number of aromatic nitrogens is 2. The zero-order valence-corrected chi connectivity index (χ0v) is 18.3. The van der Waals surface area contributed by atoms with Crippen LogP contribution < -0.4 is 15.4 Å². The average Bonchev–Trinajstić information content (AvgIpc) is 3.26. The largest absolute Gasteiger partial charge is 0.486 e. The van der Waals surface area contributed by atoms with Crippen LogP contribution in [-0.2, 0) is 11.3 Å². The van der Waals surface area contributed by atoms with Crippen LogP contribution in [0.5, 0.6) is 5.75 Å². The number of carbonyl (C=O) groups excluding carboxylic acids is 2. The molecule has 0 fully saturated rings. The Morgan fingerprint density at radius 2 is 1.90 bits per heavy atom. The molecule has 0 saturated carbocycles. The summed E-state index contributed by atoms with van der Waals surface area (Å²) in [6.45, 7) is 1.27. The first kappa shape index (κ1) is 22.7. The second kappa shape index (κ2) is 11.4. The van der Waals surface area contributed by atoms with Crippen molar-refractivity contribution in [3.63, 3.8) is 0 Å². The van der Waals surface area contributed by atoms with Gasteiger partial charge in [-0.15, -0.1) is 10.2 Å². The minimum Gasteiger partial charge on any atom is -0.486 e. The van der Waals surface area contributed by atoms with Gasteiger partial charge in [0.1, 0.15) is 12.4 Å². The third-order valence-corrected chi connectivity index (χ3v) is 5.18. The molecule has 8 nitrogen and oxygen atoms in total. The average molecular weight is 461 g/mol. The minimum absolute atomic E-state index is 0.186. The van der Waals surface area contributed by atoms with Crippen molar-refractivity contribution >= 4 is 40.4 Å². The molecule has 3 aromatic rings. The van der Waals surface area contributed by atoms with Crippen LogP contribution in [0.25, 0.3) is 0 Å². The number of ether oxygens (including phenoxy) is 2. The molecule has 0 saturated heterocycles. The maximum atomic E-state index is 12.5. The van der Waals surface area contributed by atoms with Crippen LogP contribution in [0.4, 0.5) is 5.69 Å². The normalized spacial score (nSPS) is 10.5. The van der Waals surface area contributed by atoms with E-state index >= 15 is 0 Å². The predicted molar refractivity (Wildman–Crippen MR) is 119 cm³/mol. The van der Waals surface area contributed by atoms with Crippen molar-refractivity contribution < 1.29 is 19.1 Å². The summed E-state index contributed by atoms with van der Waals surface area (Å²) >= 11 is 6.98. The van der Waals surface area contributed by atoms with Gasteiger partial charge in [-0.3, -0.25) is 9.59 Å². The van der Waals surface area contributed by atoms with Gasteiger partial charge in [0.2, 0.25) is 5.01 Å². The maximum Gasteiger partial charge on any atom is 0.286 e. The standard InChI is InChI=1S/C21H21ClN4O4S/c1-29-11-3-10-23-19(27)14-4-2-5-16(12-14)24-20(28)21-26-25-18(31-21)13-30-17-8-6-15(22)7-9-17/h2,4-9,12H,3,10-11,13H2,1H3,(H,23,27)(H,24,28). The molecule has 0 aliphatic carbocycles. The van der Waals surface area contributed by atoms with Crippen LogP contribution >= 0.6 is 22.9 Å². The van der Waals surface area contributed by atoms with Crippen LogP contribution in [0.2, 0.25) is 5.02 Å². The summed E-state index contributed by atoms with van der Waals surface area (Å²) in [5, 5.41) is 14.8. The molecular formula is C21H21ClN4O4S. The second-order valence-electron chi connectivity index (χ2n) is 6.38. The number of benzene rings is 2. The summed E-state index contributed by atoms with van der Waals surface area (Å²) in [6, 6.07) is 13.6. The Kier molecular flexibility index (Phi) is 8.34. The number of nitrogens with one attached hydrogen (secondary N) is 2. The quantitative estimate of drug-likeness (QED) is 0.446. The first-order valence-electron chi connectivity index (χ1n) is 9.44. The van der Waals surface area contributed by atoms with E-state index in [0.717, 1.165) is 17.8 Å². The molecule has 0 radical (unpaired) electrons. The van der Waals surface area contributed by atoms with Gasteiger partial charge in [0.25, 0.3) is 11.8 Å². The topological polar surface area (TPSA) is 102 Å². The number of halogens is 1. The van der Waals surface area contributed by atoms with Crippen molar-refractivity contribution in [3.05, 3.63) is 69.1 Å². The van der Waals surface area contributed by atoms with Gasteiger partial charge in [0.05, 0.1) is 0 Å². The Balaban J connectivity index is 1.54. The van der Waals surface area contributed by atoms with Crippen molar-refractivity contribution in [2.45, 2.75) is 13.0 Å². The molecule has 10 heteroatoms. The first-order chi connectivity index (χ1) is 15.0. The molecule has 0 bridgehead atoms. The Labute approximate surface area is 188 Å². The van der Waals surface area contributed by atoms with Gasteiger partial charge in [-0.2, -0.15) is 0 Å². The van der Waals surface area contributed by atoms with E-state index in [4.69, 9.17) is 21.1 Å². The van der Waals surface area contributed by atoms with Gasteiger partial charge in [0, 0.05) is 36.5 Å². The lowest BCUT2D eigenvalue weighted by molar-refractivity contribution is 0.0947. The van der Waals surface area contributed by atoms with E-state index in [1.54, 1.807) is 55.6 Å². The molecule has 2 amide bonds. The van der Waals surface area contributed by atoms with E-state index in [-0.39, 0.29) is 17.5 Å². The van der Waals surface area contributed by atoms with Gasteiger partial charge in [0.15, 0.2) is 5.01 Å². The van der Waals surface area contributed by atoms with Crippen molar-refractivity contribution in [2.75, 3.05) is 25.6 Å². The van der Waals surface area contributed by atoms with Crippen LogP contribution in [0.1, 0.15) is 31.6 Å². The van der Waals surface area contributed by atoms with Crippen LogP contribution in [0.3, 0.4) is 0 Å². The fraction of sp³-hybridized carbons (Fsp3) is 0.238. The Morgan fingerprint density at radius 3 is 2.68 bits per heavy atom. The summed E-state index contributed by atoms with van der Waals surface area (Å²) in [6.07, 6.45) is 0.722. The summed E-state index contributed by atoms with van der Waals surface area (Å²) < 4.78 is 10.6. The molecule has 1 aromatic heterocycles. The highest BCUT2D eigenvalue weighted by Crippen LogP contribution is 2.19.